The van der Waals surface area contributed by atoms with Gasteiger partial charge in [0.25, 0.3) is 9.84 Å². The van der Waals surface area contributed by atoms with Crippen molar-refractivity contribution in [3.05, 3.63) is 124 Å². The quantitative estimate of drug-likeness (QED) is 0.0952. The van der Waals surface area contributed by atoms with E-state index in [1.807, 2.05) is 0 Å². The molecule has 0 saturated carbocycles. The van der Waals surface area contributed by atoms with Crippen LogP contribution in [0.25, 0.3) is 11.1 Å². The number of amides is 4. The predicted octanol–water partition coefficient (Wildman–Crippen LogP) is 6.96. The summed E-state index contributed by atoms with van der Waals surface area (Å²) in [5.41, 5.74) is -3.34. The van der Waals surface area contributed by atoms with Crippen LogP contribution < -0.4 is 10.6 Å². The molecule has 0 saturated heterocycles. The van der Waals surface area contributed by atoms with Gasteiger partial charge in [-0.05, 0) is 84.7 Å². The van der Waals surface area contributed by atoms with Gasteiger partial charge in [-0.25, -0.2) is 22.4 Å². The van der Waals surface area contributed by atoms with Gasteiger partial charge in [-0.15, -0.1) is 0 Å². The lowest BCUT2D eigenvalue weighted by molar-refractivity contribution is -0.137. The minimum Gasteiger partial charge on any atom is -0.393 e. The number of hydrogen-bond acceptors (Lipinski definition) is 10. The number of benzene rings is 2. The van der Waals surface area contributed by atoms with Gasteiger partial charge in [-0.2, -0.15) is 26.3 Å². The van der Waals surface area contributed by atoms with Crippen molar-refractivity contribution in [1.82, 2.24) is 19.8 Å². The van der Waals surface area contributed by atoms with E-state index < -0.39 is 75.3 Å². The zero-order valence-electron chi connectivity index (χ0n) is 32.5. The molecular formula is C40H38ClF7N6O8S. The lowest BCUT2D eigenvalue weighted by Gasteiger charge is -2.27. The van der Waals surface area contributed by atoms with Gasteiger partial charge in [0.2, 0.25) is 0 Å². The van der Waals surface area contributed by atoms with Gasteiger partial charge < -0.3 is 40.9 Å². The number of nitrogens with zero attached hydrogens (tertiary/aromatic N) is 4. The fourth-order valence-electron chi connectivity index (χ4n) is 6.09. The number of halogens is 8. The van der Waals surface area contributed by atoms with E-state index in [-0.39, 0.29) is 47.3 Å². The van der Waals surface area contributed by atoms with Crippen molar-refractivity contribution in [3.63, 3.8) is 0 Å². The maximum atomic E-state index is 14.3. The lowest BCUT2D eigenvalue weighted by atomic mass is 10.0. The lowest BCUT2D eigenvalue weighted by Crippen LogP contribution is -2.38. The molecule has 0 aliphatic carbocycles. The number of sulfone groups is 1. The zero-order chi connectivity index (χ0) is 46.3. The van der Waals surface area contributed by atoms with Crippen molar-refractivity contribution in [1.29, 1.82) is 0 Å². The summed E-state index contributed by atoms with van der Waals surface area (Å²) in [6.45, 7) is -0.0699. The van der Waals surface area contributed by atoms with Crippen molar-refractivity contribution in [2.45, 2.75) is 41.6 Å². The van der Waals surface area contributed by atoms with Crippen LogP contribution in [-0.4, -0.2) is 106 Å². The van der Waals surface area contributed by atoms with E-state index in [0.717, 1.165) is 48.0 Å². The zero-order valence-corrected chi connectivity index (χ0v) is 34.1. The summed E-state index contributed by atoms with van der Waals surface area (Å²) >= 11 is 6.24. The molecule has 2 aliphatic heterocycles. The van der Waals surface area contributed by atoms with Crippen LogP contribution in [0.1, 0.15) is 53.1 Å². The Labute approximate surface area is 359 Å². The number of pyridine rings is 2. The third kappa shape index (κ3) is 12.1. The summed E-state index contributed by atoms with van der Waals surface area (Å²) in [5.74, 6) is -0.645. The molecular weight excluding hydrogens is 893 g/mol. The van der Waals surface area contributed by atoms with Gasteiger partial charge in [0, 0.05) is 61.1 Å². The summed E-state index contributed by atoms with van der Waals surface area (Å²) < 4.78 is 113. The second-order valence-corrected chi connectivity index (χ2v) is 16.2. The first kappa shape index (κ1) is 48.4. The maximum absolute atomic E-state index is 14.3. The summed E-state index contributed by atoms with van der Waals surface area (Å²) in [6.07, 6.45) is 0.0683. The molecule has 2 aromatic heterocycles. The molecule has 4 amide bonds. The van der Waals surface area contributed by atoms with Crippen LogP contribution in [0.5, 0.6) is 0 Å². The largest absolute Gasteiger partial charge is 0.501 e. The molecule has 0 unspecified atom stereocenters. The number of aromatic nitrogens is 2. The monoisotopic (exact) mass is 930 g/mol. The standard InChI is InChI=1S/C20H19ClF3N3O5S.C20H19F4N3O3/c21-16-9-13(17(29)11-28)10-25-18(16)12-5-7-27(8-6-12)19(30)26-14-1-3-15(4-2-14)33(31,32)20(22,23)24;21-16-9-13(17(29)11-28)10-25-18(16)12-5-7-27(8-6-12)19(30)26-15-3-1-14(2-4-15)20(22,23)24/h1-5,9-10,17,28-29H,6-8,11H2,(H,26,30);1-5,9-10,17,28-29H,6-8,11H2,(H,26,30)/t2*17-/m11/s1. The molecule has 0 spiro atoms. The number of alkyl halides is 6. The topological polar surface area (TPSA) is 206 Å². The van der Waals surface area contributed by atoms with Gasteiger partial charge in [-0.3, -0.25) is 9.97 Å². The van der Waals surface area contributed by atoms with Crippen LogP contribution >= 0.6 is 11.6 Å². The highest BCUT2D eigenvalue weighted by Gasteiger charge is 2.46. The normalized spacial score (nSPS) is 15.6. The first-order valence-electron chi connectivity index (χ1n) is 18.6. The molecule has 63 heavy (non-hydrogen) atoms. The molecule has 0 bridgehead atoms. The van der Waals surface area contributed by atoms with Crippen molar-refractivity contribution in [2.75, 3.05) is 50.0 Å². The Kier molecular flexibility index (Phi) is 15.5. The highest BCUT2D eigenvalue weighted by Crippen LogP contribution is 2.33. The van der Waals surface area contributed by atoms with E-state index in [1.54, 1.807) is 12.2 Å². The fraction of sp³-hybridized carbons (Fsp3) is 0.300. The van der Waals surface area contributed by atoms with Crippen molar-refractivity contribution in [2.24, 2.45) is 0 Å². The third-order valence-electron chi connectivity index (χ3n) is 9.63. The highest BCUT2D eigenvalue weighted by atomic mass is 35.5. The van der Waals surface area contributed by atoms with Crippen LogP contribution in [0.15, 0.2) is 90.1 Å². The number of aliphatic hydroxyl groups is 4. The number of hydrogen-bond donors (Lipinski definition) is 6. The summed E-state index contributed by atoms with van der Waals surface area (Å²) in [6, 6.07) is 9.43. The molecule has 0 radical (unpaired) electrons. The first-order valence-corrected chi connectivity index (χ1v) is 20.5. The second-order valence-electron chi connectivity index (χ2n) is 13.9. The Bertz CT molecular complexity index is 2460. The van der Waals surface area contributed by atoms with E-state index in [2.05, 4.69) is 20.6 Å². The maximum Gasteiger partial charge on any atom is 0.501 e. The average molecular weight is 931 g/mol. The van der Waals surface area contributed by atoms with Crippen LogP contribution in [0.3, 0.4) is 0 Å². The Balaban J connectivity index is 0.000000239. The van der Waals surface area contributed by atoms with Gasteiger partial charge >= 0.3 is 23.7 Å². The molecule has 4 aromatic rings. The van der Waals surface area contributed by atoms with Crippen LogP contribution in [0, 0.1) is 5.82 Å². The van der Waals surface area contributed by atoms with Gasteiger partial charge in [0.05, 0.1) is 34.4 Å². The number of carbonyl (C=O) groups is 2. The van der Waals surface area contributed by atoms with E-state index in [1.165, 1.54) is 40.4 Å². The summed E-state index contributed by atoms with van der Waals surface area (Å²) in [7, 11) is -5.46. The Morgan fingerprint density at radius 3 is 1.57 bits per heavy atom. The predicted molar refractivity (Wildman–Crippen MR) is 215 cm³/mol. The van der Waals surface area contributed by atoms with E-state index >= 15 is 0 Å². The molecule has 338 valence electrons. The number of anilines is 2. The number of urea groups is 2. The molecule has 2 atom stereocenters. The summed E-state index contributed by atoms with van der Waals surface area (Å²) in [5, 5.41) is 42.5. The Hall–Kier alpha value is -5.65. The number of nitrogens with one attached hydrogen (secondary N) is 2. The molecule has 2 aromatic carbocycles. The van der Waals surface area contributed by atoms with Crippen LogP contribution in [0.2, 0.25) is 5.02 Å². The number of aliphatic hydroxyl groups excluding tert-OH is 4. The second kappa shape index (κ2) is 20.2. The van der Waals surface area contributed by atoms with Gasteiger partial charge in [0.1, 0.15) is 23.7 Å². The van der Waals surface area contributed by atoms with Crippen LogP contribution in [-0.2, 0) is 16.0 Å². The van der Waals surface area contributed by atoms with E-state index in [4.69, 9.17) is 21.8 Å². The number of carbonyl (C=O) groups excluding carboxylic acids is 2. The van der Waals surface area contributed by atoms with Crippen molar-refractivity contribution in [3.8, 4) is 0 Å². The Morgan fingerprint density at radius 2 is 1.17 bits per heavy atom. The molecule has 14 nitrogen and oxygen atoms in total. The molecule has 4 heterocycles. The average Bonchev–Trinajstić information content (AvgIpc) is 3.25. The van der Waals surface area contributed by atoms with Crippen LogP contribution in [0.4, 0.5) is 51.7 Å². The van der Waals surface area contributed by atoms with Gasteiger partial charge in [-0.1, -0.05) is 23.8 Å². The summed E-state index contributed by atoms with van der Waals surface area (Å²) in [4.78, 5) is 35.0. The molecule has 6 rings (SSSR count). The minimum atomic E-state index is -5.46. The number of rotatable bonds is 9. The van der Waals surface area contributed by atoms with Gasteiger partial charge in [0.15, 0.2) is 0 Å². The third-order valence-corrected chi connectivity index (χ3v) is 11.4. The van der Waals surface area contributed by atoms with E-state index in [9.17, 15) is 59.0 Å². The SMILES string of the molecule is O=C(Nc1ccc(C(F)(F)F)cc1)N1CC=C(c2ncc([C@H](O)CO)cc2F)CC1.O=C(Nc1ccc(S(=O)(=O)C(F)(F)F)cc1)N1CC=C(c2ncc([C@H](O)CO)cc2Cl)CC1. The van der Waals surface area contributed by atoms with E-state index in [0.29, 0.717) is 36.2 Å². The molecule has 6 N–H and O–H groups in total. The molecule has 0 fully saturated rings. The first-order chi connectivity index (χ1) is 29.6. The molecule has 2 aliphatic rings. The van der Waals surface area contributed by atoms with Crippen molar-refractivity contribution < 1.29 is 69.2 Å². The molecule has 23 heteroatoms. The highest BCUT2D eigenvalue weighted by molar-refractivity contribution is 7.92. The minimum absolute atomic E-state index is 0.103. The Morgan fingerprint density at radius 1 is 0.730 bits per heavy atom. The van der Waals surface area contributed by atoms with Crippen molar-refractivity contribution >= 4 is 56.0 Å². The smallest absolute Gasteiger partial charge is 0.393 e. The fourth-order valence-corrected chi connectivity index (χ4v) is 7.15.